The van der Waals surface area contributed by atoms with Crippen molar-refractivity contribution in [1.82, 2.24) is 0 Å². The van der Waals surface area contributed by atoms with Crippen molar-refractivity contribution in [3.05, 3.63) is 53.8 Å². The first-order valence-corrected chi connectivity index (χ1v) is 8.19. The Morgan fingerprint density at radius 3 is 2.62 bits per heavy atom. The van der Waals surface area contributed by atoms with Crippen LogP contribution in [0.2, 0.25) is 0 Å². The maximum Gasteiger partial charge on any atom is 0.263 e. The molecule has 0 atom stereocenters. The molecule has 0 fully saturated rings. The number of sulfonamides is 1. The van der Waals surface area contributed by atoms with Crippen LogP contribution in [0.4, 0.5) is 15.8 Å². The first-order valence-electron chi connectivity index (χ1n) is 6.70. The van der Waals surface area contributed by atoms with Gasteiger partial charge in [0.1, 0.15) is 10.7 Å². The molecule has 1 aliphatic rings. The second kappa shape index (κ2) is 5.37. The van der Waals surface area contributed by atoms with Crippen molar-refractivity contribution >= 4 is 21.4 Å². The Labute approximate surface area is 123 Å². The molecule has 0 saturated heterocycles. The van der Waals surface area contributed by atoms with E-state index in [0.717, 1.165) is 24.9 Å². The minimum absolute atomic E-state index is 0.226. The molecule has 6 heteroatoms. The minimum Gasteiger partial charge on any atom is -0.384 e. The fourth-order valence-corrected chi connectivity index (χ4v) is 3.72. The van der Waals surface area contributed by atoms with Crippen molar-refractivity contribution in [2.45, 2.75) is 17.7 Å². The van der Waals surface area contributed by atoms with Gasteiger partial charge in [0.25, 0.3) is 10.0 Å². The van der Waals surface area contributed by atoms with Crippen molar-refractivity contribution in [3.63, 3.8) is 0 Å². The van der Waals surface area contributed by atoms with Gasteiger partial charge in [0.2, 0.25) is 0 Å². The van der Waals surface area contributed by atoms with E-state index in [1.807, 2.05) is 6.07 Å². The predicted octanol–water partition coefficient (Wildman–Crippen LogP) is 2.98. The van der Waals surface area contributed by atoms with E-state index >= 15 is 0 Å². The van der Waals surface area contributed by atoms with E-state index in [-0.39, 0.29) is 4.90 Å². The van der Waals surface area contributed by atoms with E-state index < -0.39 is 15.8 Å². The zero-order chi connectivity index (χ0) is 14.9. The number of benzene rings is 2. The molecule has 2 aromatic carbocycles. The summed E-state index contributed by atoms with van der Waals surface area (Å²) >= 11 is 0. The van der Waals surface area contributed by atoms with E-state index in [2.05, 4.69) is 10.0 Å². The number of anilines is 2. The third-order valence-electron chi connectivity index (χ3n) is 3.42. The number of nitrogens with one attached hydrogen (secondary N) is 2. The van der Waals surface area contributed by atoms with Gasteiger partial charge in [-0.15, -0.1) is 0 Å². The number of aryl methyl sites for hydroxylation is 1. The van der Waals surface area contributed by atoms with Crippen LogP contribution in [0.15, 0.2) is 47.4 Å². The van der Waals surface area contributed by atoms with Crippen molar-refractivity contribution in [2.75, 3.05) is 16.6 Å². The fraction of sp³-hybridized carbons (Fsp3) is 0.200. The lowest BCUT2D eigenvalue weighted by Gasteiger charge is -2.21. The van der Waals surface area contributed by atoms with Crippen LogP contribution >= 0.6 is 0 Å². The predicted molar refractivity (Wildman–Crippen MR) is 80.5 cm³/mol. The van der Waals surface area contributed by atoms with Gasteiger partial charge in [-0.2, -0.15) is 0 Å². The fourth-order valence-electron chi connectivity index (χ4n) is 2.43. The summed E-state index contributed by atoms with van der Waals surface area (Å²) in [6, 6.07) is 10.5. The van der Waals surface area contributed by atoms with E-state index in [9.17, 15) is 12.8 Å². The lowest BCUT2D eigenvalue weighted by Crippen LogP contribution is -2.19. The highest BCUT2D eigenvalue weighted by Crippen LogP contribution is 2.30. The summed E-state index contributed by atoms with van der Waals surface area (Å²) < 4.78 is 40.4. The lowest BCUT2D eigenvalue weighted by atomic mass is 10.0. The Balaban J connectivity index is 1.97. The van der Waals surface area contributed by atoms with Gasteiger partial charge in [0.15, 0.2) is 0 Å². The topological polar surface area (TPSA) is 58.2 Å². The van der Waals surface area contributed by atoms with Crippen molar-refractivity contribution in [1.29, 1.82) is 0 Å². The Morgan fingerprint density at radius 2 is 1.86 bits per heavy atom. The Kier molecular flexibility index (Phi) is 3.55. The van der Waals surface area contributed by atoms with Crippen LogP contribution in [0.5, 0.6) is 0 Å². The molecule has 2 N–H and O–H groups in total. The monoisotopic (exact) mass is 306 g/mol. The lowest BCUT2D eigenvalue weighted by molar-refractivity contribution is 0.600. The highest BCUT2D eigenvalue weighted by molar-refractivity contribution is 7.92. The number of rotatable bonds is 3. The normalized spacial score (nSPS) is 14.1. The molecule has 2 aromatic rings. The van der Waals surface area contributed by atoms with Gasteiger partial charge in [-0.1, -0.05) is 12.1 Å². The van der Waals surface area contributed by atoms with Gasteiger partial charge in [-0.25, -0.2) is 12.8 Å². The summed E-state index contributed by atoms with van der Waals surface area (Å²) in [6.07, 6.45) is 1.85. The smallest absolute Gasteiger partial charge is 0.263 e. The maximum absolute atomic E-state index is 12.9. The first-order chi connectivity index (χ1) is 10.1. The Bertz CT molecular complexity index is 758. The van der Waals surface area contributed by atoms with Gasteiger partial charge in [-0.3, -0.25) is 4.72 Å². The molecule has 4 nitrogen and oxygen atoms in total. The summed E-state index contributed by atoms with van der Waals surface area (Å²) in [5, 5.41) is 3.15. The SMILES string of the molecule is O=S(=O)(Nc1ccc(F)cc1)c1cccc2c1NCCC2. The third-order valence-corrected chi connectivity index (χ3v) is 4.85. The number of hydrogen-bond acceptors (Lipinski definition) is 3. The molecule has 0 amide bonds. The molecule has 110 valence electrons. The van der Waals surface area contributed by atoms with E-state index in [0.29, 0.717) is 11.4 Å². The summed E-state index contributed by atoms with van der Waals surface area (Å²) in [5.41, 5.74) is 2.01. The summed E-state index contributed by atoms with van der Waals surface area (Å²) in [4.78, 5) is 0.226. The van der Waals surface area contributed by atoms with E-state index in [1.165, 1.54) is 24.3 Å². The molecule has 0 aromatic heterocycles. The number of hydrogen-bond donors (Lipinski definition) is 2. The van der Waals surface area contributed by atoms with Crippen molar-refractivity contribution < 1.29 is 12.8 Å². The van der Waals surface area contributed by atoms with Gasteiger partial charge >= 0.3 is 0 Å². The third kappa shape index (κ3) is 2.85. The molecule has 1 heterocycles. The molecule has 21 heavy (non-hydrogen) atoms. The quantitative estimate of drug-likeness (QED) is 0.916. The second-order valence-electron chi connectivity index (χ2n) is 4.93. The van der Waals surface area contributed by atoms with Gasteiger partial charge in [0, 0.05) is 12.2 Å². The molecule has 0 unspecified atom stereocenters. The van der Waals surface area contributed by atoms with Gasteiger partial charge < -0.3 is 5.32 Å². The molecule has 0 radical (unpaired) electrons. The molecule has 0 aliphatic carbocycles. The average Bonchev–Trinajstić information content (AvgIpc) is 2.49. The summed E-state index contributed by atoms with van der Waals surface area (Å²) in [5.74, 6) is -0.406. The highest BCUT2D eigenvalue weighted by Gasteiger charge is 2.22. The Morgan fingerprint density at radius 1 is 1.10 bits per heavy atom. The maximum atomic E-state index is 12.9. The van der Waals surface area contributed by atoms with Crippen LogP contribution in [0.3, 0.4) is 0 Å². The number of fused-ring (bicyclic) bond motifs is 1. The standard InChI is InChI=1S/C15H15FN2O2S/c16-12-6-8-13(9-7-12)18-21(19,20)14-5-1-3-11-4-2-10-17-15(11)14/h1,3,5-9,17-18H,2,4,10H2. The second-order valence-corrected chi connectivity index (χ2v) is 6.58. The molecule has 1 aliphatic heterocycles. The average molecular weight is 306 g/mol. The zero-order valence-electron chi connectivity index (χ0n) is 11.3. The molecule has 0 spiro atoms. The zero-order valence-corrected chi connectivity index (χ0v) is 12.1. The van der Waals surface area contributed by atoms with Crippen molar-refractivity contribution in [3.8, 4) is 0 Å². The Hall–Kier alpha value is -2.08. The largest absolute Gasteiger partial charge is 0.384 e. The minimum atomic E-state index is -3.70. The number of para-hydroxylation sites is 1. The van der Waals surface area contributed by atoms with Crippen LogP contribution in [0.25, 0.3) is 0 Å². The molecule has 3 rings (SSSR count). The van der Waals surface area contributed by atoms with E-state index in [1.54, 1.807) is 12.1 Å². The van der Waals surface area contributed by atoms with Gasteiger partial charge in [-0.05, 0) is 48.7 Å². The summed E-state index contributed by atoms with van der Waals surface area (Å²) in [7, 11) is -3.70. The number of halogens is 1. The molecular formula is C15H15FN2O2S. The van der Waals surface area contributed by atoms with Crippen LogP contribution in [0, 0.1) is 5.82 Å². The molecule has 0 bridgehead atoms. The van der Waals surface area contributed by atoms with Crippen LogP contribution in [-0.4, -0.2) is 15.0 Å². The first kappa shape index (κ1) is 13.9. The van der Waals surface area contributed by atoms with E-state index in [4.69, 9.17) is 0 Å². The van der Waals surface area contributed by atoms with Crippen LogP contribution in [-0.2, 0) is 16.4 Å². The van der Waals surface area contributed by atoms with Gasteiger partial charge in [0.05, 0.1) is 5.69 Å². The highest BCUT2D eigenvalue weighted by atomic mass is 32.2. The van der Waals surface area contributed by atoms with Crippen LogP contribution < -0.4 is 10.0 Å². The van der Waals surface area contributed by atoms with Crippen molar-refractivity contribution in [2.24, 2.45) is 0 Å². The summed E-state index contributed by atoms with van der Waals surface area (Å²) in [6.45, 7) is 0.760. The molecular weight excluding hydrogens is 291 g/mol. The molecule has 0 saturated carbocycles. The van der Waals surface area contributed by atoms with Crippen LogP contribution in [0.1, 0.15) is 12.0 Å².